The van der Waals surface area contributed by atoms with Crippen molar-refractivity contribution in [1.29, 1.82) is 0 Å². The zero-order chi connectivity index (χ0) is 13.1. The molecule has 1 aromatic heterocycles. The number of hydrogen-bond donors (Lipinski definition) is 0. The Morgan fingerprint density at radius 2 is 2.39 bits per heavy atom. The topological polar surface area (TPSA) is 23.6 Å². The summed E-state index contributed by atoms with van der Waals surface area (Å²) in [6.45, 7) is 3.79. The summed E-state index contributed by atoms with van der Waals surface area (Å²) >= 11 is 7.20. The van der Waals surface area contributed by atoms with Crippen molar-refractivity contribution in [3.8, 4) is 0 Å². The van der Waals surface area contributed by atoms with Crippen LogP contribution in [0, 0.1) is 5.92 Å². The molecule has 0 saturated carbocycles. The van der Waals surface area contributed by atoms with Crippen molar-refractivity contribution in [3.63, 3.8) is 0 Å². The molecule has 0 aromatic carbocycles. The van der Waals surface area contributed by atoms with E-state index >= 15 is 0 Å². The van der Waals surface area contributed by atoms with Crippen molar-refractivity contribution >= 4 is 28.7 Å². The Kier molecular flexibility index (Phi) is 4.78. The van der Waals surface area contributed by atoms with Gasteiger partial charge in [-0.25, -0.2) is 0 Å². The number of carbonyl (C=O) groups excluding carboxylic acids is 1. The van der Waals surface area contributed by atoms with Crippen LogP contribution in [0.3, 0.4) is 0 Å². The highest BCUT2D eigenvalue weighted by molar-refractivity contribution is 7.18. The van der Waals surface area contributed by atoms with Crippen molar-refractivity contribution in [2.45, 2.75) is 6.42 Å². The Hall–Kier alpha value is -0.420. The van der Waals surface area contributed by atoms with E-state index in [1.807, 2.05) is 13.1 Å². The van der Waals surface area contributed by atoms with Crippen LogP contribution >= 0.6 is 22.9 Å². The monoisotopic (exact) mass is 286 g/mol. The fraction of sp³-hybridized carbons (Fsp3) is 0.615. The average molecular weight is 287 g/mol. The molecule has 1 aromatic rings. The molecule has 1 aliphatic rings. The maximum absolute atomic E-state index is 12.0. The fourth-order valence-corrected chi connectivity index (χ4v) is 3.44. The SMILES string of the molecule is CN1CCC(CN(C)CC(=O)c2ccc(Cl)s2)C1. The molecule has 3 nitrogen and oxygen atoms in total. The number of halogens is 1. The van der Waals surface area contributed by atoms with Gasteiger partial charge in [0.2, 0.25) is 0 Å². The van der Waals surface area contributed by atoms with Gasteiger partial charge in [0.25, 0.3) is 0 Å². The zero-order valence-corrected chi connectivity index (χ0v) is 12.4. The molecule has 0 aliphatic carbocycles. The van der Waals surface area contributed by atoms with Crippen LogP contribution in [-0.4, -0.2) is 55.9 Å². The predicted octanol–water partition coefficient (Wildman–Crippen LogP) is 2.47. The van der Waals surface area contributed by atoms with Crippen LogP contribution in [0.2, 0.25) is 4.34 Å². The van der Waals surface area contributed by atoms with E-state index in [0.29, 0.717) is 16.8 Å². The molecular weight excluding hydrogens is 268 g/mol. The maximum Gasteiger partial charge on any atom is 0.186 e. The van der Waals surface area contributed by atoms with E-state index in [2.05, 4.69) is 16.8 Å². The van der Waals surface area contributed by atoms with E-state index in [9.17, 15) is 4.79 Å². The van der Waals surface area contributed by atoms with Crippen molar-refractivity contribution in [2.75, 3.05) is 40.3 Å². The Morgan fingerprint density at radius 3 is 2.94 bits per heavy atom. The fourth-order valence-electron chi connectivity index (χ4n) is 2.47. The molecule has 1 unspecified atom stereocenters. The number of ketones is 1. The third kappa shape index (κ3) is 3.79. The van der Waals surface area contributed by atoms with Crippen molar-refractivity contribution in [2.24, 2.45) is 5.92 Å². The first-order valence-electron chi connectivity index (χ1n) is 6.20. The summed E-state index contributed by atoms with van der Waals surface area (Å²) in [5, 5.41) is 0. The predicted molar refractivity (Wildman–Crippen MR) is 76.8 cm³/mol. The maximum atomic E-state index is 12.0. The van der Waals surface area contributed by atoms with Gasteiger partial charge in [-0.2, -0.15) is 0 Å². The molecule has 1 saturated heterocycles. The summed E-state index contributed by atoms with van der Waals surface area (Å²) < 4.78 is 0.679. The molecule has 0 N–H and O–H groups in total. The molecule has 2 rings (SSSR count). The summed E-state index contributed by atoms with van der Waals surface area (Å²) in [6.07, 6.45) is 1.24. The van der Waals surface area contributed by atoms with Crippen LogP contribution < -0.4 is 0 Å². The highest BCUT2D eigenvalue weighted by Crippen LogP contribution is 2.22. The zero-order valence-electron chi connectivity index (χ0n) is 10.9. The lowest BCUT2D eigenvalue weighted by atomic mass is 10.1. The molecule has 1 fully saturated rings. The third-order valence-corrected chi connectivity index (χ3v) is 4.59. The van der Waals surface area contributed by atoms with Crippen molar-refractivity contribution in [3.05, 3.63) is 21.3 Å². The van der Waals surface area contributed by atoms with Crippen molar-refractivity contribution < 1.29 is 4.79 Å². The summed E-state index contributed by atoms with van der Waals surface area (Å²) in [6, 6.07) is 3.60. The van der Waals surface area contributed by atoms with Crippen LogP contribution in [0.1, 0.15) is 16.1 Å². The average Bonchev–Trinajstić information content (AvgIpc) is 2.87. The van der Waals surface area contributed by atoms with Crippen LogP contribution in [0.25, 0.3) is 0 Å². The summed E-state index contributed by atoms with van der Waals surface area (Å²) in [5.41, 5.74) is 0. The lowest BCUT2D eigenvalue weighted by Gasteiger charge is -2.19. The molecule has 18 heavy (non-hydrogen) atoms. The smallest absolute Gasteiger partial charge is 0.186 e. The molecule has 100 valence electrons. The van der Waals surface area contributed by atoms with Crippen LogP contribution in [0.15, 0.2) is 12.1 Å². The van der Waals surface area contributed by atoms with E-state index in [1.54, 1.807) is 6.07 Å². The van der Waals surface area contributed by atoms with Gasteiger partial charge in [-0.05, 0) is 45.1 Å². The molecule has 0 amide bonds. The van der Waals surface area contributed by atoms with Gasteiger partial charge in [0.15, 0.2) is 5.78 Å². The first-order valence-corrected chi connectivity index (χ1v) is 7.39. The number of carbonyl (C=O) groups is 1. The van der Waals surface area contributed by atoms with Gasteiger partial charge in [0.05, 0.1) is 15.8 Å². The van der Waals surface area contributed by atoms with Gasteiger partial charge in [0, 0.05) is 13.1 Å². The second kappa shape index (κ2) is 6.15. The molecule has 1 aliphatic heterocycles. The summed E-state index contributed by atoms with van der Waals surface area (Å²) in [5.74, 6) is 0.862. The number of rotatable bonds is 5. The molecule has 5 heteroatoms. The minimum atomic E-state index is 0.167. The van der Waals surface area contributed by atoms with Crippen LogP contribution in [0.4, 0.5) is 0 Å². The second-order valence-corrected chi connectivity index (χ2v) is 6.86. The minimum Gasteiger partial charge on any atom is -0.306 e. The van der Waals surface area contributed by atoms with Crippen LogP contribution in [0.5, 0.6) is 0 Å². The Bertz CT molecular complexity index is 421. The van der Waals surface area contributed by atoms with Gasteiger partial charge in [-0.1, -0.05) is 11.6 Å². The molecule has 0 spiro atoms. The minimum absolute atomic E-state index is 0.167. The largest absolute Gasteiger partial charge is 0.306 e. The Morgan fingerprint density at radius 1 is 1.61 bits per heavy atom. The highest BCUT2D eigenvalue weighted by atomic mass is 35.5. The second-order valence-electron chi connectivity index (χ2n) is 5.14. The van der Waals surface area contributed by atoms with Crippen LogP contribution in [-0.2, 0) is 0 Å². The van der Waals surface area contributed by atoms with Gasteiger partial charge >= 0.3 is 0 Å². The van der Waals surface area contributed by atoms with E-state index in [-0.39, 0.29) is 5.78 Å². The molecule has 2 heterocycles. The third-order valence-electron chi connectivity index (χ3n) is 3.32. The quantitative estimate of drug-likeness (QED) is 0.777. The Labute approximate surface area is 117 Å². The molecule has 0 bridgehead atoms. The lowest BCUT2D eigenvalue weighted by Crippen LogP contribution is -2.31. The number of Topliss-reactive ketones (excluding diaryl/α,β-unsaturated/α-hetero) is 1. The van der Waals surface area contributed by atoms with E-state index in [0.717, 1.165) is 18.0 Å². The highest BCUT2D eigenvalue weighted by Gasteiger charge is 2.21. The van der Waals surface area contributed by atoms with Gasteiger partial charge in [-0.3, -0.25) is 9.69 Å². The molecule has 1 atom stereocenters. The summed E-state index contributed by atoms with van der Waals surface area (Å²) in [7, 11) is 4.17. The normalized spacial score (nSPS) is 20.8. The first-order chi connectivity index (χ1) is 8.54. The van der Waals surface area contributed by atoms with Gasteiger partial charge in [-0.15, -0.1) is 11.3 Å². The van der Waals surface area contributed by atoms with Gasteiger partial charge < -0.3 is 4.90 Å². The molecular formula is C13H19ClN2OS. The number of likely N-dealkylation sites (N-methyl/N-ethyl adjacent to an activating group) is 1. The number of thiophene rings is 1. The standard InChI is InChI=1S/C13H19ClN2OS/c1-15-6-5-10(7-15)8-16(2)9-11(17)12-3-4-13(14)18-12/h3-4,10H,5-9H2,1-2H3. The van der Waals surface area contributed by atoms with E-state index < -0.39 is 0 Å². The van der Waals surface area contributed by atoms with E-state index in [1.165, 1.54) is 24.3 Å². The first kappa shape index (κ1) is 14.0. The lowest BCUT2D eigenvalue weighted by molar-refractivity contribution is 0.0942. The summed E-state index contributed by atoms with van der Waals surface area (Å²) in [4.78, 5) is 17.2. The number of nitrogens with zero attached hydrogens (tertiary/aromatic N) is 2. The van der Waals surface area contributed by atoms with Crippen molar-refractivity contribution in [1.82, 2.24) is 9.80 Å². The Balaban J connectivity index is 1.80. The van der Waals surface area contributed by atoms with Gasteiger partial charge in [0.1, 0.15) is 0 Å². The number of hydrogen-bond acceptors (Lipinski definition) is 4. The molecule has 0 radical (unpaired) electrons. The number of likely N-dealkylation sites (tertiary alicyclic amines) is 1. The van der Waals surface area contributed by atoms with E-state index in [4.69, 9.17) is 11.6 Å².